The molecule has 0 aliphatic rings. The summed E-state index contributed by atoms with van der Waals surface area (Å²) in [6.45, 7) is 1.93. The molecule has 0 aliphatic heterocycles. The van der Waals surface area contributed by atoms with Crippen LogP contribution in [0, 0.1) is 11.3 Å². The third-order valence-corrected chi connectivity index (χ3v) is 3.27. The highest BCUT2D eigenvalue weighted by molar-refractivity contribution is 7.99. The van der Waals surface area contributed by atoms with E-state index in [1.54, 1.807) is 11.8 Å². The number of hydrogen-bond acceptors (Lipinski definition) is 3. The average Bonchev–Trinajstić information content (AvgIpc) is 2.34. The van der Waals surface area contributed by atoms with Crippen LogP contribution in [0.1, 0.15) is 12.5 Å². The Hall–Kier alpha value is -1.47. The minimum Gasteiger partial charge on any atom is -0.342 e. The van der Waals surface area contributed by atoms with E-state index < -0.39 is 0 Å². The number of carbonyl (C=O) groups is 1. The fourth-order valence-electron chi connectivity index (χ4n) is 1.14. The van der Waals surface area contributed by atoms with Crippen LogP contribution in [-0.2, 0) is 10.5 Å². The van der Waals surface area contributed by atoms with Gasteiger partial charge in [-0.1, -0.05) is 30.3 Å². The molecule has 4 heteroatoms. The predicted molar refractivity (Wildman–Crippen MR) is 65.8 cm³/mol. The van der Waals surface area contributed by atoms with Gasteiger partial charge in [0.25, 0.3) is 0 Å². The van der Waals surface area contributed by atoms with Gasteiger partial charge in [-0.2, -0.15) is 5.26 Å². The number of thioether (sulfide) groups is 1. The Morgan fingerprint density at radius 3 is 2.81 bits per heavy atom. The van der Waals surface area contributed by atoms with E-state index in [1.165, 1.54) is 5.56 Å². The molecule has 0 radical (unpaired) electrons. The first-order chi connectivity index (χ1) is 7.74. The summed E-state index contributed by atoms with van der Waals surface area (Å²) in [5.74, 6) is 0.726. The van der Waals surface area contributed by atoms with Gasteiger partial charge in [0.05, 0.1) is 11.3 Å². The van der Waals surface area contributed by atoms with Crippen molar-refractivity contribution < 1.29 is 4.79 Å². The Morgan fingerprint density at radius 1 is 1.50 bits per heavy atom. The molecule has 0 fully saturated rings. The first-order valence-electron chi connectivity index (χ1n) is 5.04. The van der Waals surface area contributed by atoms with Gasteiger partial charge >= 0.3 is 0 Å². The quantitative estimate of drug-likeness (QED) is 0.792. The maximum atomic E-state index is 11.4. The van der Waals surface area contributed by atoms with Crippen LogP contribution >= 0.6 is 11.8 Å². The lowest BCUT2D eigenvalue weighted by molar-refractivity contribution is -0.120. The van der Waals surface area contributed by atoms with Crippen LogP contribution in [0.2, 0.25) is 0 Å². The van der Waals surface area contributed by atoms with Crippen molar-refractivity contribution in [2.75, 3.05) is 6.54 Å². The van der Waals surface area contributed by atoms with E-state index in [1.807, 2.05) is 43.3 Å². The molecule has 3 nitrogen and oxygen atoms in total. The van der Waals surface area contributed by atoms with E-state index >= 15 is 0 Å². The molecule has 0 unspecified atom stereocenters. The summed E-state index contributed by atoms with van der Waals surface area (Å²) in [5.41, 5.74) is 1.20. The number of nitrogens with one attached hydrogen (secondary N) is 1. The van der Waals surface area contributed by atoms with Crippen molar-refractivity contribution in [3.05, 3.63) is 35.9 Å². The van der Waals surface area contributed by atoms with Crippen molar-refractivity contribution in [1.29, 1.82) is 5.26 Å². The standard InChI is InChI=1S/C12H14N2OS/c1-10(12(15)14-8-7-13)16-9-11-5-3-2-4-6-11/h2-6,10H,8-9H2,1H3,(H,14,15)/t10-/m1/s1. The number of hydrogen-bond donors (Lipinski definition) is 1. The molecular weight excluding hydrogens is 220 g/mol. The molecule has 0 saturated carbocycles. The summed E-state index contributed by atoms with van der Waals surface area (Å²) >= 11 is 1.57. The van der Waals surface area contributed by atoms with Crippen molar-refractivity contribution >= 4 is 17.7 Å². The van der Waals surface area contributed by atoms with Crippen molar-refractivity contribution in [3.63, 3.8) is 0 Å². The lowest BCUT2D eigenvalue weighted by atomic mass is 10.2. The molecule has 0 heterocycles. The third kappa shape index (κ3) is 4.37. The molecule has 1 N–H and O–H groups in total. The molecule has 0 bridgehead atoms. The molecule has 0 aromatic heterocycles. The summed E-state index contributed by atoms with van der Waals surface area (Å²) in [4.78, 5) is 11.4. The number of carbonyl (C=O) groups excluding carboxylic acids is 1. The molecule has 1 aromatic carbocycles. The van der Waals surface area contributed by atoms with Gasteiger partial charge in [-0.3, -0.25) is 4.79 Å². The van der Waals surface area contributed by atoms with Gasteiger partial charge in [0.15, 0.2) is 0 Å². The fourth-order valence-corrected chi connectivity index (χ4v) is 2.01. The van der Waals surface area contributed by atoms with Gasteiger partial charge in [-0.05, 0) is 12.5 Å². The Bertz CT molecular complexity index is 372. The zero-order valence-corrected chi connectivity index (χ0v) is 9.96. The molecule has 1 aromatic rings. The van der Waals surface area contributed by atoms with Crippen molar-refractivity contribution in [2.24, 2.45) is 0 Å². The van der Waals surface area contributed by atoms with Crippen LogP contribution in [0.15, 0.2) is 30.3 Å². The number of rotatable bonds is 5. The number of benzene rings is 1. The highest BCUT2D eigenvalue weighted by Crippen LogP contribution is 2.17. The number of nitrogens with zero attached hydrogens (tertiary/aromatic N) is 1. The number of amides is 1. The second kappa shape index (κ2) is 6.91. The highest BCUT2D eigenvalue weighted by Gasteiger charge is 2.12. The second-order valence-corrected chi connectivity index (χ2v) is 4.64. The van der Waals surface area contributed by atoms with Crippen LogP contribution in [0.3, 0.4) is 0 Å². The molecule has 0 spiro atoms. The molecule has 1 amide bonds. The van der Waals surface area contributed by atoms with Crippen LogP contribution < -0.4 is 5.32 Å². The second-order valence-electron chi connectivity index (χ2n) is 3.31. The van der Waals surface area contributed by atoms with Gasteiger partial charge in [-0.15, -0.1) is 11.8 Å². The molecular formula is C12H14N2OS. The summed E-state index contributed by atoms with van der Waals surface area (Å²) in [5, 5.41) is 10.7. The Morgan fingerprint density at radius 2 is 2.19 bits per heavy atom. The SMILES string of the molecule is C[C@@H](SCc1ccccc1)C(=O)NCC#N. The van der Waals surface area contributed by atoms with Gasteiger partial charge in [0.2, 0.25) is 5.91 Å². The van der Waals surface area contributed by atoms with E-state index in [-0.39, 0.29) is 17.7 Å². The van der Waals surface area contributed by atoms with E-state index in [4.69, 9.17) is 5.26 Å². The smallest absolute Gasteiger partial charge is 0.233 e. The van der Waals surface area contributed by atoms with Crippen LogP contribution in [-0.4, -0.2) is 17.7 Å². The highest BCUT2D eigenvalue weighted by atomic mass is 32.2. The molecule has 1 atom stereocenters. The minimum absolute atomic E-state index is 0.0784. The monoisotopic (exact) mass is 234 g/mol. The zero-order chi connectivity index (χ0) is 11.8. The van der Waals surface area contributed by atoms with Gasteiger partial charge in [0.1, 0.15) is 6.54 Å². The summed E-state index contributed by atoms with van der Waals surface area (Å²) < 4.78 is 0. The zero-order valence-electron chi connectivity index (χ0n) is 9.14. The lowest BCUT2D eigenvalue weighted by Crippen LogP contribution is -2.31. The number of nitriles is 1. The Kier molecular flexibility index (Phi) is 5.44. The third-order valence-electron chi connectivity index (χ3n) is 2.05. The van der Waals surface area contributed by atoms with Crippen molar-refractivity contribution in [2.45, 2.75) is 17.9 Å². The topological polar surface area (TPSA) is 52.9 Å². The first-order valence-corrected chi connectivity index (χ1v) is 6.09. The molecule has 0 saturated heterocycles. The van der Waals surface area contributed by atoms with Crippen LogP contribution in [0.25, 0.3) is 0 Å². The Balaban J connectivity index is 2.33. The normalized spacial score (nSPS) is 11.5. The molecule has 1 rings (SSSR count). The maximum Gasteiger partial charge on any atom is 0.233 e. The van der Waals surface area contributed by atoms with Crippen molar-refractivity contribution in [1.82, 2.24) is 5.32 Å². The van der Waals surface area contributed by atoms with E-state index in [2.05, 4.69) is 5.32 Å². The summed E-state index contributed by atoms with van der Waals surface area (Å²) in [6, 6.07) is 11.9. The van der Waals surface area contributed by atoms with Crippen molar-refractivity contribution in [3.8, 4) is 6.07 Å². The van der Waals surface area contributed by atoms with Crippen LogP contribution in [0.4, 0.5) is 0 Å². The average molecular weight is 234 g/mol. The van der Waals surface area contributed by atoms with E-state index in [0.29, 0.717) is 0 Å². The fraction of sp³-hybridized carbons (Fsp3) is 0.333. The molecule has 0 aliphatic carbocycles. The van der Waals surface area contributed by atoms with E-state index in [0.717, 1.165) is 5.75 Å². The maximum absolute atomic E-state index is 11.4. The molecule has 16 heavy (non-hydrogen) atoms. The van der Waals surface area contributed by atoms with Gasteiger partial charge < -0.3 is 5.32 Å². The minimum atomic E-state index is -0.131. The van der Waals surface area contributed by atoms with Crippen LogP contribution in [0.5, 0.6) is 0 Å². The first kappa shape index (κ1) is 12.6. The van der Waals surface area contributed by atoms with Gasteiger partial charge in [0, 0.05) is 5.75 Å². The predicted octanol–water partition coefficient (Wildman–Crippen LogP) is 1.95. The van der Waals surface area contributed by atoms with E-state index in [9.17, 15) is 4.79 Å². The lowest BCUT2D eigenvalue weighted by Gasteiger charge is -2.09. The summed E-state index contributed by atoms with van der Waals surface area (Å²) in [7, 11) is 0. The largest absolute Gasteiger partial charge is 0.342 e. The summed E-state index contributed by atoms with van der Waals surface area (Å²) in [6.07, 6.45) is 0. The Labute approximate surface area is 99.8 Å². The van der Waals surface area contributed by atoms with Gasteiger partial charge in [-0.25, -0.2) is 0 Å². The molecule has 84 valence electrons.